The molecular formula is C19H23ClN2O4S2. The van der Waals surface area contributed by atoms with Gasteiger partial charge in [-0.3, -0.25) is 4.79 Å². The van der Waals surface area contributed by atoms with Gasteiger partial charge in [0.25, 0.3) is 5.91 Å². The number of benzene rings is 2. The lowest BCUT2D eigenvalue weighted by Crippen LogP contribution is -2.27. The van der Waals surface area contributed by atoms with Crippen molar-refractivity contribution in [3.63, 3.8) is 0 Å². The second-order valence-corrected chi connectivity index (χ2v) is 9.46. The monoisotopic (exact) mass is 442 g/mol. The quantitative estimate of drug-likeness (QED) is 0.573. The molecular weight excluding hydrogens is 420 g/mol. The zero-order valence-electron chi connectivity index (χ0n) is 15.9. The van der Waals surface area contributed by atoms with Crippen molar-refractivity contribution in [1.29, 1.82) is 0 Å². The van der Waals surface area contributed by atoms with E-state index in [2.05, 4.69) is 10.0 Å². The molecule has 0 aromatic heterocycles. The number of hydrogen-bond acceptors (Lipinski definition) is 5. The molecule has 2 aromatic rings. The highest BCUT2D eigenvalue weighted by atomic mass is 35.5. The van der Waals surface area contributed by atoms with Crippen molar-refractivity contribution in [2.24, 2.45) is 5.92 Å². The third-order valence-corrected chi connectivity index (χ3v) is 6.05. The number of nitrogens with one attached hydrogen (secondary N) is 2. The normalized spacial score (nSPS) is 11.5. The fourth-order valence-electron chi connectivity index (χ4n) is 2.17. The van der Waals surface area contributed by atoms with E-state index in [0.29, 0.717) is 12.2 Å². The SMILES string of the molecule is CSc1cccc(NC(=O)COc2ccc(S(=O)(=O)NCC(C)C)cc2Cl)c1. The molecule has 0 atom stereocenters. The molecule has 0 aliphatic heterocycles. The van der Waals surface area contributed by atoms with Gasteiger partial charge in [0.05, 0.1) is 9.92 Å². The van der Waals surface area contributed by atoms with E-state index < -0.39 is 10.0 Å². The molecule has 0 fully saturated rings. The highest BCUT2D eigenvalue weighted by Crippen LogP contribution is 2.27. The number of carbonyl (C=O) groups is 1. The first-order valence-electron chi connectivity index (χ1n) is 8.57. The molecule has 0 aliphatic carbocycles. The van der Waals surface area contributed by atoms with Crippen LogP contribution >= 0.6 is 23.4 Å². The van der Waals surface area contributed by atoms with Crippen LogP contribution < -0.4 is 14.8 Å². The van der Waals surface area contributed by atoms with Crippen LogP contribution in [0.4, 0.5) is 5.69 Å². The molecule has 0 spiro atoms. The molecule has 0 aliphatic rings. The van der Waals surface area contributed by atoms with Gasteiger partial charge in [-0.15, -0.1) is 11.8 Å². The molecule has 152 valence electrons. The van der Waals surface area contributed by atoms with Gasteiger partial charge in [0.1, 0.15) is 5.75 Å². The van der Waals surface area contributed by atoms with Crippen LogP contribution in [0.2, 0.25) is 5.02 Å². The molecule has 2 N–H and O–H groups in total. The number of thioether (sulfide) groups is 1. The number of sulfonamides is 1. The Kier molecular flexibility index (Phi) is 8.18. The number of hydrogen-bond donors (Lipinski definition) is 2. The number of rotatable bonds is 9. The molecule has 28 heavy (non-hydrogen) atoms. The summed E-state index contributed by atoms with van der Waals surface area (Å²) in [5.41, 5.74) is 0.671. The molecule has 6 nitrogen and oxygen atoms in total. The van der Waals surface area contributed by atoms with Crippen LogP contribution in [-0.2, 0) is 14.8 Å². The summed E-state index contributed by atoms with van der Waals surface area (Å²) >= 11 is 7.71. The summed E-state index contributed by atoms with van der Waals surface area (Å²) in [6, 6.07) is 11.6. The van der Waals surface area contributed by atoms with Crippen molar-refractivity contribution < 1.29 is 17.9 Å². The first-order chi connectivity index (χ1) is 13.2. The van der Waals surface area contributed by atoms with Gasteiger partial charge in [-0.1, -0.05) is 31.5 Å². The zero-order chi connectivity index (χ0) is 20.7. The summed E-state index contributed by atoms with van der Waals surface area (Å²) in [5, 5.41) is 2.86. The lowest BCUT2D eigenvalue weighted by molar-refractivity contribution is -0.118. The molecule has 0 radical (unpaired) electrons. The molecule has 9 heteroatoms. The average molecular weight is 443 g/mol. The van der Waals surface area contributed by atoms with Crippen LogP contribution in [0.15, 0.2) is 52.3 Å². The lowest BCUT2D eigenvalue weighted by Gasteiger charge is -2.12. The Balaban J connectivity index is 1.98. The summed E-state index contributed by atoms with van der Waals surface area (Å²) in [7, 11) is -3.64. The van der Waals surface area contributed by atoms with E-state index in [1.165, 1.54) is 18.2 Å². The molecule has 2 aromatic carbocycles. The van der Waals surface area contributed by atoms with Crippen molar-refractivity contribution in [2.45, 2.75) is 23.6 Å². The Morgan fingerprint density at radius 1 is 1.21 bits per heavy atom. The van der Waals surface area contributed by atoms with Gasteiger partial charge >= 0.3 is 0 Å². The van der Waals surface area contributed by atoms with E-state index in [4.69, 9.17) is 16.3 Å². The van der Waals surface area contributed by atoms with Crippen molar-refractivity contribution >= 4 is 45.0 Å². The topological polar surface area (TPSA) is 84.5 Å². The van der Waals surface area contributed by atoms with Gasteiger partial charge in [0, 0.05) is 17.1 Å². The van der Waals surface area contributed by atoms with Gasteiger partial charge in [-0.2, -0.15) is 0 Å². The Bertz CT molecular complexity index is 933. The first-order valence-corrected chi connectivity index (χ1v) is 11.7. The Morgan fingerprint density at radius 3 is 2.61 bits per heavy atom. The van der Waals surface area contributed by atoms with Crippen LogP contribution in [0.25, 0.3) is 0 Å². The van der Waals surface area contributed by atoms with Crippen LogP contribution in [0.5, 0.6) is 5.75 Å². The molecule has 0 unspecified atom stereocenters. The summed E-state index contributed by atoms with van der Waals surface area (Å²) in [4.78, 5) is 13.2. The standard InChI is InChI=1S/C19H23ClN2O4S2/c1-13(2)11-21-28(24,25)16-7-8-18(17(20)10-16)26-12-19(23)22-14-5-4-6-15(9-14)27-3/h4-10,13,21H,11-12H2,1-3H3,(H,22,23). The largest absolute Gasteiger partial charge is 0.482 e. The number of anilines is 1. The van der Waals surface area contributed by atoms with Crippen LogP contribution in [0.1, 0.15) is 13.8 Å². The van der Waals surface area contributed by atoms with E-state index >= 15 is 0 Å². The van der Waals surface area contributed by atoms with Gasteiger partial charge < -0.3 is 10.1 Å². The van der Waals surface area contributed by atoms with E-state index in [9.17, 15) is 13.2 Å². The van der Waals surface area contributed by atoms with Gasteiger partial charge in [-0.05, 0) is 48.6 Å². The summed E-state index contributed by atoms with van der Waals surface area (Å²) in [6.45, 7) is 3.90. The minimum absolute atomic E-state index is 0.0452. The van der Waals surface area contributed by atoms with Gasteiger partial charge in [-0.25, -0.2) is 13.1 Å². The number of amides is 1. The molecule has 1 amide bonds. The summed E-state index contributed by atoms with van der Waals surface area (Å²) in [6.07, 6.45) is 1.95. The second-order valence-electron chi connectivity index (χ2n) is 6.41. The Morgan fingerprint density at radius 2 is 1.96 bits per heavy atom. The third-order valence-electron chi connectivity index (χ3n) is 3.61. The van der Waals surface area contributed by atoms with Crippen molar-refractivity contribution in [3.8, 4) is 5.75 Å². The second kappa shape index (κ2) is 10.2. The zero-order valence-corrected chi connectivity index (χ0v) is 18.2. The Hall–Kier alpha value is -1.74. The molecule has 2 rings (SSSR count). The third kappa shape index (κ3) is 6.70. The average Bonchev–Trinajstić information content (AvgIpc) is 2.65. The first kappa shape index (κ1) is 22.5. The smallest absolute Gasteiger partial charge is 0.262 e. The molecule has 0 bridgehead atoms. The Labute approximate surface area is 175 Å². The highest BCUT2D eigenvalue weighted by Gasteiger charge is 2.17. The molecule has 0 saturated carbocycles. The maximum atomic E-state index is 12.2. The number of ether oxygens (including phenoxy) is 1. The van der Waals surface area contributed by atoms with E-state index in [0.717, 1.165) is 4.90 Å². The number of halogens is 1. The van der Waals surface area contributed by atoms with E-state index in [-0.39, 0.29) is 34.1 Å². The van der Waals surface area contributed by atoms with E-state index in [1.807, 2.05) is 38.3 Å². The van der Waals surface area contributed by atoms with Crippen LogP contribution in [0, 0.1) is 5.92 Å². The van der Waals surface area contributed by atoms with Crippen molar-refractivity contribution in [1.82, 2.24) is 4.72 Å². The van der Waals surface area contributed by atoms with E-state index in [1.54, 1.807) is 17.8 Å². The number of carbonyl (C=O) groups excluding carboxylic acids is 1. The van der Waals surface area contributed by atoms with Gasteiger partial charge in [0.15, 0.2) is 6.61 Å². The highest BCUT2D eigenvalue weighted by molar-refractivity contribution is 7.98. The predicted molar refractivity (Wildman–Crippen MR) is 114 cm³/mol. The minimum atomic E-state index is -3.64. The molecule has 0 saturated heterocycles. The summed E-state index contributed by atoms with van der Waals surface area (Å²) in [5.74, 6) is 0.0742. The van der Waals surface area contributed by atoms with Crippen LogP contribution in [-0.4, -0.2) is 33.7 Å². The fraction of sp³-hybridized carbons (Fsp3) is 0.316. The van der Waals surface area contributed by atoms with Crippen LogP contribution in [0.3, 0.4) is 0 Å². The van der Waals surface area contributed by atoms with Crippen molar-refractivity contribution in [2.75, 3.05) is 24.7 Å². The molecule has 0 heterocycles. The lowest BCUT2D eigenvalue weighted by atomic mass is 10.2. The van der Waals surface area contributed by atoms with Crippen molar-refractivity contribution in [3.05, 3.63) is 47.5 Å². The minimum Gasteiger partial charge on any atom is -0.482 e. The maximum absolute atomic E-state index is 12.2. The fourth-order valence-corrected chi connectivity index (χ4v) is 4.17. The summed E-state index contributed by atoms with van der Waals surface area (Å²) < 4.78 is 32.4. The maximum Gasteiger partial charge on any atom is 0.262 e. The van der Waals surface area contributed by atoms with Gasteiger partial charge in [0.2, 0.25) is 10.0 Å². The predicted octanol–water partition coefficient (Wildman–Crippen LogP) is 4.01.